The average molecular weight is 821 g/mol. The summed E-state index contributed by atoms with van der Waals surface area (Å²) < 4.78 is 16.8. The van der Waals surface area contributed by atoms with Crippen LogP contribution in [0.15, 0.2) is 0 Å². The average Bonchev–Trinajstić information content (AvgIpc) is 3.22. The lowest BCUT2D eigenvalue weighted by molar-refractivity contribution is -0.167. The molecule has 0 aliphatic carbocycles. The van der Waals surface area contributed by atoms with Gasteiger partial charge in [-0.25, -0.2) is 0 Å². The van der Waals surface area contributed by atoms with Gasteiger partial charge in [-0.05, 0) is 19.3 Å². The van der Waals surface area contributed by atoms with Crippen molar-refractivity contribution in [1.82, 2.24) is 0 Å². The third kappa shape index (κ3) is 45.5. The molecule has 6 heteroatoms. The van der Waals surface area contributed by atoms with Crippen LogP contribution in [0.4, 0.5) is 0 Å². The van der Waals surface area contributed by atoms with Gasteiger partial charge in [0.2, 0.25) is 0 Å². The Balaban J connectivity index is 4.28. The maximum Gasteiger partial charge on any atom is 0.306 e. The van der Waals surface area contributed by atoms with Gasteiger partial charge in [-0.3, -0.25) is 14.4 Å². The summed E-state index contributed by atoms with van der Waals surface area (Å²) in [5, 5.41) is 0. The summed E-state index contributed by atoms with van der Waals surface area (Å²) in [7, 11) is 0. The third-order valence-electron chi connectivity index (χ3n) is 11.9. The molecule has 0 aromatic rings. The summed E-state index contributed by atoms with van der Waals surface area (Å²) in [4.78, 5) is 37.9. The summed E-state index contributed by atoms with van der Waals surface area (Å²) in [5.74, 6) is -0.842. The number of esters is 3. The Labute approximate surface area is 361 Å². The van der Waals surface area contributed by atoms with Gasteiger partial charge in [0, 0.05) is 19.3 Å². The van der Waals surface area contributed by atoms with E-state index in [4.69, 9.17) is 14.2 Å². The molecular formula is C52H100O6. The summed E-state index contributed by atoms with van der Waals surface area (Å²) in [5.41, 5.74) is 0. The summed E-state index contributed by atoms with van der Waals surface area (Å²) in [6.45, 7) is 6.67. The molecule has 0 fully saturated rings. The van der Waals surface area contributed by atoms with Gasteiger partial charge in [0.15, 0.2) is 6.10 Å². The quantitative estimate of drug-likeness (QED) is 0.0346. The molecule has 0 amide bonds. The summed E-state index contributed by atoms with van der Waals surface area (Å²) in [6, 6.07) is 0. The van der Waals surface area contributed by atoms with Crippen LogP contribution in [0.3, 0.4) is 0 Å². The van der Waals surface area contributed by atoms with Gasteiger partial charge in [-0.2, -0.15) is 0 Å². The van der Waals surface area contributed by atoms with E-state index in [2.05, 4.69) is 20.8 Å². The predicted molar refractivity (Wildman–Crippen MR) is 247 cm³/mol. The molecule has 6 nitrogen and oxygen atoms in total. The van der Waals surface area contributed by atoms with Crippen LogP contribution in [0.5, 0.6) is 0 Å². The smallest absolute Gasteiger partial charge is 0.306 e. The van der Waals surface area contributed by atoms with Crippen LogP contribution in [0, 0.1) is 0 Å². The van der Waals surface area contributed by atoms with Crippen molar-refractivity contribution in [3.05, 3.63) is 0 Å². The lowest BCUT2D eigenvalue weighted by Crippen LogP contribution is -2.30. The van der Waals surface area contributed by atoms with E-state index in [9.17, 15) is 14.4 Å². The Hall–Kier alpha value is -1.59. The monoisotopic (exact) mass is 821 g/mol. The Kier molecular flexibility index (Phi) is 46.8. The topological polar surface area (TPSA) is 78.9 Å². The first-order valence-corrected chi connectivity index (χ1v) is 26.0. The Bertz CT molecular complexity index is 859. The zero-order valence-corrected chi connectivity index (χ0v) is 39.3. The van der Waals surface area contributed by atoms with Crippen molar-refractivity contribution in [2.45, 2.75) is 303 Å². The SMILES string of the molecule is CCCCCCCCCCCCCCCCCC(=O)OC[C@H](COC(=O)CCCCCCCCCCCC)OC(=O)CCCCCCCCCCCCCCCCC. The largest absolute Gasteiger partial charge is 0.462 e. The summed E-state index contributed by atoms with van der Waals surface area (Å²) >= 11 is 0. The molecule has 0 aromatic heterocycles. The molecule has 344 valence electrons. The first kappa shape index (κ1) is 56.4. The highest BCUT2D eigenvalue weighted by molar-refractivity contribution is 5.71. The standard InChI is InChI=1S/C52H100O6/c1-4-7-10-13-16-19-22-24-26-28-30-33-36-39-42-45-51(54)57-48-49(47-56-50(53)44-41-38-35-32-21-18-15-12-9-6-3)58-52(55)46-43-40-37-34-31-29-27-25-23-20-17-14-11-8-5-2/h49H,4-48H2,1-3H3/t49-/m0/s1. The minimum absolute atomic E-state index is 0.0618. The zero-order valence-electron chi connectivity index (χ0n) is 39.3. The van der Waals surface area contributed by atoms with Crippen molar-refractivity contribution < 1.29 is 28.6 Å². The molecule has 0 saturated heterocycles. The van der Waals surface area contributed by atoms with Gasteiger partial charge < -0.3 is 14.2 Å². The second-order valence-electron chi connectivity index (χ2n) is 17.8. The zero-order chi connectivity index (χ0) is 42.3. The number of unbranched alkanes of at least 4 members (excludes halogenated alkanes) is 37. The minimum Gasteiger partial charge on any atom is -0.462 e. The number of hydrogen-bond donors (Lipinski definition) is 0. The highest BCUT2D eigenvalue weighted by Crippen LogP contribution is 2.17. The maximum absolute atomic E-state index is 12.8. The van der Waals surface area contributed by atoms with Crippen LogP contribution in [-0.4, -0.2) is 37.2 Å². The fourth-order valence-electron chi connectivity index (χ4n) is 7.92. The first-order chi connectivity index (χ1) is 28.5. The molecule has 0 radical (unpaired) electrons. The Morgan fingerprint density at radius 2 is 0.466 bits per heavy atom. The highest BCUT2D eigenvalue weighted by atomic mass is 16.6. The van der Waals surface area contributed by atoms with E-state index >= 15 is 0 Å². The maximum atomic E-state index is 12.8. The van der Waals surface area contributed by atoms with Crippen molar-refractivity contribution >= 4 is 17.9 Å². The van der Waals surface area contributed by atoms with E-state index in [0.29, 0.717) is 19.3 Å². The Morgan fingerprint density at radius 1 is 0.276 bits per heavy atom. The Morgan fingerprint density at radius 3 is 0.690 bits per heavy atom. The van der Waals surface area contributed by atoms with E-state index < -0.39 is 6.10 Å². The minimum atomic E-state index is -0.759. The summed E-state index contributed by atoms with van der Waals surface area (Å²) in [6.07, 6.45) is 50.8. The van der Waals surface area contributed by atoms with Crippen molar-refractivity contribution in [2.24, 2.45) is 0 Å². The molecule has 0 N–H and O–H groups in total. The molecule has 0 aliphatic heterocycles. The van der Waals surface area contributed by atoms with Crippen LogP contribution in [-0.2, 0) is 28.6 Å². The van der Waals surface area contributed by atoms with Crippen LogP contribution in [0.1, 0.15) is 297 Å². The fraction of sp³-hybridized carbons (Fsp3) is 0.942. The molecule has 0 unspecified atom stereocenters. The van der Waals surface area contributed by atoms with Gasteiger partial charge in [-0.15, -0.1) is 0 Å². The van der Waals surface area contributed by atoms with E-state index in [1.54, 1.807) is 0 Å². The van der Waals surface area contributed by atoms with Crippen LogP contribution >= 0.6 is 0 Å². The number of carbonyl (C=O) groups excluding carboxylic acids is 3. The van der Waals surface area contributed by atoms with Crippen molar-refractivity contribution in [3.8, 4) is 0 Å². The molecule has 0 aliphatic rings. The highest BCUT2D eigenvalue weighted by Gasteiger charge is 2.19. The van der Waals surface area contributed by atoms with Gasteiger partial charge in [0.25, 0.3) is 0 Å². The molecule has 0 spiro atoms. The number of carbonyl (C=O) groups is 3. The lowest BCUT2D eigenvalue weighted by atomic mass is 10.0. The van der Waals surface area contributed by atoms with E-state index in [-0.39, 0.29) is 31.1 Å². The van der Waals surface area contributed by atoms with E-state index in [0.717, 1.165) is 57.8 Å². The molecule has 0 aromatic carbocycles. The molecule has 0 heterocycles. The van der Waals surface area contributed by atoms with Crippen molar-refractivity contribution in [3.63, 3.8) is 0 Å². The van der Waals surface area contributed by atoms with Crippen molar-refractivity contribution in [1.29, 1.82) is 0 Å². The van der Waals surface area contributed by atoms with Crippen LogP contribution in [0.25, 0.3) is 0 Å². The normalized spacial score (nSPS) is 11.8. The fourth-order valence-corrected chi connectivity index (χ4v) is 7.92. The first-order valence-electron chi connectivity index (χ1n) is 26.0. The second kappa shape index (κ2) is 48.1. The van der Waals surface area contributed by atoms with Crippen LogP contribution < -0.4 is 0 Å². The van der Waals surface area contributed by atoms with E-state index in [1.807, 2.05) is 0 Å². The number of ether oxygens (including phenoxy) is 3. The molecule has 58 heavy (non-hydrogen) atoms. The number of hydrogen-bond acceptors (Lipinski definition) is 6. The van der Waals surface area contributed by atoms with Gasteiger partial charge >= 0.3 is 17.9 Å². The van der Waals surface area contributed by atoms with Crippen LogP contribution in [0.2, 0.25) is 0 Å². The van der Waals surface area contributed by atoms with Gasteiger partial charge in [0.05, 0.1) is 0 Å². The molecule has 0 saturated carbocycles. The van der Waals surface area contributed by atoms with Gasteiger partial charge in [0.1, 0.15) is 13.2 Å². The molecule has 0 bridgehead atoms. The molecule has 0 rings (SSSR count). The van der Waals surface area contributed by atoms with Gasteiger partial charge in [-0.1, -0.05) is 258 Å². The molecule has 1 atom stereocenters. The predicted octanol–water partition coefficient (Wildman–Crippen LogP) is 16.8. The lowest BCUT2D eigenvalue weighted by Gasteiger charge is -2.18. The van der Waals surface area contributed by atoms with Crippen molar-refractivity contribution in [2.75, 3.05) is 13.2 Å². The molecular weight excluding hydrogens is 721 g/mol. The second-order valence-corrected chi connectivity index (χ2v) is 17.8. The third-order valence-corrected chi connectivity index (χ3v) is 11.9. The van der Waals surface area contributed by atoms with E-state index in [1.165, 1.54) is 199 Å². The number of rotatable bonds is 48.